The van der Waals surface area contributed by atoms with Crippen LogP contribution in [-0.2, 0) is 22.2 Å². The maximum Gasteiger partial charge on any atom is 0.335 e. The second-order valence-electron chi connectivity index (χ2n) is 8.79. The van der Waals surface area contributed by atoms with Crippen LogP contribution in [0.15, 0.2) is 66.4 Å². The van der Waals surface area contributed by atoms with E-state index in [-0.39, 0.29) is 5.97 Å². The van der Waals surface area contributed by atoms with Gasteiger partial charge in [-0.1, -0.05) is 24.3 Å². The minimum absolute atomic E-state index is 0.342. The van der Waals surface area contributed by atoms with Gasteiger partial charge >= 0.3 is 5.97 Å². The second-order valence-corrected chi connectivity index (χ2v) is 8.79. The summed E-state index contributed by atoms with van der Waals surface area (Å²) in [5.41, 5.74) is 10.2. The average Bonchev–Trinajstić information content (AvgIpc) is 3.33. The van der Waals surface area contributed by atoms with Crippen molar-refractivity contribution in [2.45, 2.75) is 39.7 Å². The first kappa shape index (κ1) is 24.5. The molecule has 0 spiro atoms. The van der Waals surface area contributed by atoms with Gasteiger partial charge in [0, 0.05) is 71.6 Å². The maximum absolute atomic E-state index is 13.2. The van der Waals surface area contributed by atoms with Crippen molar-refractivity contribution >= 4 is 22.6 Å². The number of aromatic nitrogens is 1. The van der Waals surface area contributed by atoms with Crippen LogP contribution in [0.3, 0.4) is 0 Å². The molecule has 6 nitrogen and oxygen atoms in total. The molecule has 184 valence electrons. The lowest BCUT2D eigenvalue weighted by molar-refractivity contribution is -0.144. The number of benzene rings is 2. The molecule has 0 amide bonds. The van der Waals surface area contributed by atoms with E-state index in [1.165, 1.54) is 6.20 Å². The van der Waals surface area contributed by atoms with Gasteiger partial charge in [0.2, 0.25) is 0 Å². The number of carbonyl (C=O) groups is 1. The van der Waals surface area contributed by atoms with Gasteiger partial charge in [0.25, 0.3) is 0 Å². The number of rotatable bonds is 8. The SMILES string of the molecule is CCOc1cc(N(CC)CC)ccc1C1(c2c(C)n(C)c3ccccc23)C/C(=C\C=C/N)C(=O)O1. The zero-order valence-electron chi connectivity index (χ0n) is 21.3. The number of para-hydroxylation sites is 1. The number of hydrogen-bond acceptors (Lipinski definition) is 5. The Hall–Kier alpha value is -3.67. The number of carbonyl (C=O) groups excluding carboxylic acids is 1. The Bertz CT molecular complexity index is 1300. The Morgan fingerprint density at radius 3 is 2.60 bits per heavy atom. The Morgan fingerprint density at radius 2 is 1.91 bits per heavy atom. The molecule has 1 aliphatic rings. The summed E-state index contributed by atoms with van der Waals surface area (Å²) >= 11 is 0. The third kappa shape index (κ3) is 4.07. The Labute approximate surface area is 207 Å². The van der Waals surface area contributed by atoms with Crippen LogP contribution in [0.1, 0.15) is 44.0 Å². The molecule has 0 radical (unpaired) electrons. The Kier molecular flexibility index (Phi) is 6.92. The van der Waals surface area contributed by atoms with Gasteiger partial charge in [0.15, 0.2) is 5.60 Å². The van der Waals surface area contributed by atoms with Gasteiger partial charge in [-0.25, -0.2) is 4.79 Å². The first-order valence-electron chi connectivity index (χ1n) is 12.3. The fourth-order valence-electron chi connectivity index (χ4n) is 5.26. The molecule has 1 saturated heterocycles. The summed E-state index contributed by atoms with van der Waals surface area (Å²) in [7, 11) is 2.05. The van der Waals surface area contributed by atoms with E-state index in [2.05, 4.69) is 60.6 Å². The van der Waals surface area contributed by atoms with Crippen LogP contribution in [-0.4, -0.2) is 30.2 Å². The van der Waals surface area contributed by atoms with Gasteiger partial charge in [0.05, 0.1) is 6.61 Å². The molecule has 1 aliphatic heterocycles. The van der Waals surface area contributed by atoms with E-state index in [0.29, 0.717) is 18.6 Å². The van der Waals surface area contributed by atoms with Crippen molar-refractivity contribution in [3.63, 3.8) is 0 Å². The van der Waals surface area contributed by atoms with Crippen molar-refractivity contribution in [1.82, 2.24) is 4.57 Å². The van der Waals surface area contributed by atoms with Gasteiger partial charge in [-0.2, -0.15) is 0 Å². The first-order chi connectivity index (χ1) is 16.9. The van der Waals surface area contributed by atoms with E-state index in [1.54, 1.807) is 12.2 Å². The van der Waals surface area contributed by atoms with E-state index in [4.69, 9.17) is 15.2 Å². The van der Waals surface area contributed by atoms with Gasteiger partial charge in [-0.3, -0.25) is 0 Å². The minimum Gasteiger partial charge on any atom is -0.493 e. The molecule has 1 aromatic heterocycles. The summed E-state index contributed by atoms with van der Waals surface area (Å²) in [5.74, 6) is 0.387. The zero-order valence-corrected chi connectivity index (χ0v) is 21.3. The van der Waals surface area contributed by atoms with E-state index < -0.39 is 5.60 Å². The maximum atomic E-state index is 13.2. The number of allylic oxidation sites excluding steroid dienone is 2. The molecule has 1 atom stereocenters. The predicted molar refractivity (Wildman–Crippen MR) is 142 cm³/mol. The number of cyclic esters (lactones) is 1. The van der Waals surface area contributed by atoms with Crippen LogP contribution in [0, 0.1) is 6.92 Å². The monoisotopic (exact) mass is 473 g/mol. The van der Waals surface area contributed by atoms with Gasteiger partial charge in [0.1, 0.15) is 5.75 Å². The Morgan fingerprint density at radius 1 is 1.17 bits per heavy atom. The van der Waals surface area contributed by atoms with Crippen LogP contribution in [0.4, 0.5) is 5.69 Å². The number of esters is 1. The number of nitrogens with zero attached hydrogens (tertiary/aromatic N) is 2. The van der Waals surface area contributed by atoms with Gasteiger partial charge in [-0.15, -0.1) is 0 Å². The lowest BCUT2D eigenvalue weighted by Gasteiger charge is -2.32. The number of anilines is 1. The fraction of sp³-hybridized carbons (Fsp3) is 0.345. The van der Waals surface area contributed by atoms with Crippen LogP contribution in [0.25, 0.3) is 10.9 Å². The molecule has 2 aromatic carbocycles. The number of fused-ring (bicyclic) bond motifs is 1. The molecule has 6 heteroatoms. The van der Waals surface area contributed by atoms with Crippen LogP contribution in [0.5, 0.6) is 5.75 Å². The number of hydrogen-bond donors (Lipinski definition) is 1. The summed E-state index contributed by atoms with van der Waals surface area (Å²) in [5, 5.41) is 1.06. The topological polar surface area (TPSA) is 69.7 Å². The van der Waals surface area contributed by atoms with Crippen molar-refractivity contribution < 1.29 is 14.3 Å². The quantitative estimate of drug-likeness (QED) is 0.354. The van der Waals surface area contributed by atoms with E-state index in [9.17, 15) is 4.79 Å². The molecule has 0 saturated carbocycles. The summed E-state index contributed by atoms with van der Waals surface area (Å²) < 4.78 is 14.8. The van der Waals surface area contributed by atoms with E-state index >= 15 is 0 Å². The van der Waals surface area contributed by atoms with Crippen molar-refractivity contribution in [1.29, 1.82) is 0 Å². The van der Waals surface area contributed by atoms with Crippen LogP contribution >= 0.6 is 0 Å². The third-order valence-electron chi connectivity index (χ3n) is 7.01. The smallest absolute Gasteiger partial charge is 0.335 e. The molecule has 4 rings (SSSR count). The number of ether oxygens (including phenoxy) is 2. The molecule has 2 heterocycles. The Balaban J connectivity index is 2.04. The van der Waals surface area contributed by atoms with E-state index in [1.807, 2.05) is 26.1 Å². The summed E-state index contributed by atoms with van der Waals surface area (Å²) in [4.78, 5) is 15.5. The molecular weight excluding hydrogens is 438 g/mol. The molecule has 2 N–H and O–H groups in total. The summed E-state index contributed by atoms with van der Waals surface area (Å²) in [6, 6.07) is 14.5. The van der Waals surface area contributed by atoms with Crippen molar-refractivity contribution in [3.05, 3.63) is 83.2 Å². The van der Waals surface area contributed by atoms with Crippen LogP contribution < -0.4 is 15.4 Å². The highest BCUT2D eigenvalue weighted by atomic mass is 16.6. The fourth-order valence-corrected chi connectivity index (χ4v) is 5.26. The standard InChI is InChI=1S/C29H35N3O3/c1-6-32(7-2)22-15-16-24(26(18-22)34-8-3)29(19-21(12-11-17-30)28(33)35-29)27-20(4)31(5)25-14-10-9-13-23(25)27/h9-18H,6-8,19,30H2,1-5H3/b17-11-,21-12+. The van der Waals surface area contributed by atoms with E-state index in [0.717, 1.165) is 52.3 Å². The lowest BCUT2D eigenvalue weighted by atomic mass is 9.80. The number of nitrogens with two attached hydrogens (primary N) is 1. The molecule has 3 aromatic rings. The summed E-state index contributed by atoms with van der Waals surface area (Å²) in [6.45, 7) is 10.6. The molecule has 1 unspecified atom stereocenters. The number of aryl methyl sites for hydroxylation is 1. The average molecular weight is 474 g/mol. The molecule has 0 bridgehead atoms. The molecule has 35 heavy (non-hydrogen) atoms. The highest BCUT2D eigenvalue weighted by molar-refractivity contribution is 5.95. The van der Waals surface area contributed by atoms with Crippen molar-refractivity contribution in [3.8, 4) is 5.75 Å². The third-order valence-corrected chi connectivity index (χ3v) is 7.01. The predicted octanol–water partition coefficient (Wildman–Crippen LogP) is 5.32. The van der Waals surface area contributed by atoms with Crippen molar-refractivity contribution in [2.75, 3.05) is 24.6 Å². The second kappa shape index (κ2) is 9.90. The first-order valence-corrected chi connectivity index (χ1v) is 12.3. The normalized spacial score (nSPS) is 19.1. The van der Waals surface area contributed by atoms with Gasteiger partial charge in [-0.05, 0) is 58.2 Å². The highest BCUT2D eigenvalue weighted by Crippen LogP contribution is 2.52. The van der Waals surface area contributed by atoms with Crippen molar-refractivity contribution in [2.24, 2.45) is 12.8 Å². The minimum atomic E-state index is -1.03. The molecule has 1 fully saturated rings. The zero-order chi connectivity index (χ0) is 25.2. The molecule has 0 aliphatic carbocycles. The van der Waals surface area contributed by atoms with Gasteiger partial charge < -0.3 is 24.7 Å². The highest BCUT2D eigenvalue weighted by Gasteiger charge is 2.50. The molecular formula is C29H35N3O3. The lowest BCUT2D eigenvalue weighted by Crippen LogP contribution is -2.29. The summed E-state index contributed by atoms with van der Waals surface area (Å²) in [6.07, 6.45) is 5.23. The van der Waals surface area contributed by atoms with Crippen LogP contribution in [0.2, 0.25) is 0 Å². The largest absolute Gasteiger partial charge is 0.493 e.